The van der Waals surface area contributed by atoms with E-state index in [2.05, 4.69) is 0 Å². The van der Waals surface area contributed by atoms with Gasteiger partial charge in [0.2, 0.25) is 0 Å². The van der Waals surface area contributed by atoms with E-state index >= 15 is 0 Å². The number of nitrogens with two attached hydrogens (primary N) is 1. The third-order valence-electron chi connectivity index (χ3n) is 6.12. The molecule has 8 heteroatoms. The monoisotopic (exact) mass is 461 g/mol. The number of carboxylic acid groups (broad SMARTS) is 1. The molecule has 1 saturated heterocycles. The van der Waals surface area contributed by atoms with Crippen LogP contribution in [-0.4, -0.2) is 54.2 Å². The molecule has 1 aliphatic heterocycles. The molecule has 1 heterocycles. The first kappa shape index (κ1) is 23.1. The summed E-state index contributed by atoms with van der Waals surface area (Å²) in [6.07, 6.45) is 0.545. The highest BCUT2D eigenvalue weighted by Crippen LogP contribution is 2.27. The summed E-state index contributed by atoms with van der Waals surface area (Å²) in [4.78, 5) is 25.3. The summed E-state index contributed by atoms with van der Waals surface area (Å²) in [5.41, 5.74) is 7.80. The van der Waals surface area contributed by atoms with Gasteiger partial charge < -0.3 is 25.2 Å². The van der Waals surface area contributed by atoms with Crippen LogP contribution >= 0.6 is 0 Å². The quantitative estimate of drug-likeness (QED) is 0.363. The van der Waals surface area contributed by atoms with Crippen molar-refractivity contribution in [2.75, 3.05) is 20.2 Å². The van der Waals surface area contributed by atoms with Crippen LogP contribution in [0.2, 0.25) is 0 Å². The highest BCUT2D eigenvalue weighted by molar-refractivity contribution is 5.99. The molecular weight excluding hydrogens is 434 g/mol. The molecule has 1 aliphatic rings. The second-order valence-electron chi connectivity index (χ2n) is 8.42. The fourth-order valence-corrected chi connectivity index (χ4v) is 4.26. The number of nitrogens with one attached hydrogen (secondary N) is 1. The minimum absolute atomic E-state index is 0.00590. The summed E-state index contributed by atoms with van der Waals surface area (Å²) in [5, 5.41) is 19.4. The van der Waals surface area contributed by atoms with Gasteiger partial charge in [0.05, 0.1) is 19.6 Å². The van der Waals surface area contributed by atoms with E-state index in [0.29, 0.717) is 42.8 Å². The van der Waals surface area contributed by atoms with E-state index in [4.69, 9.17) is 20.6 Å². The molecular formula is C26H27N3O5. The number of fused-ring (bicyclic) bond motifs is 1. The fourth-order valence-electron chi connectivity index (χ4n) is 4.26. The van der Waals surface area contributed by atoms with Crippen molar-refractivity contribution >= 4 is 28.7 Å². The summed E-state index contributed by atoms with van der Waals surface area (Å²) in [5.74, 6) is -1.000. The number of nitrogen functional groups attached to an aromatic ring is 1. The number of hydrogen-bond acceptors (Lipinski definition) is 5. The van der Waals surface area contributed by atoms with Crippen LogP contribution in [0.1, 0.15) is 29.0 Å². The van der Waals surface area contributed by atoms with E-state index in [1.54, 1.807) is 35.2 Å². The Morgan fingerprint density at radius 2 is 1.85 bits per heavy atom. The molecule has 0 bridgehead atoms. The van der Waals surface area contributed by atoms with E-state index in [9.17, 15) is 14.7 Å². The van der Waals surface area contributed by atoms with Crippen LogP contribution in [0.15, 0.2) is 60.7 Å². The Balaban J connectivity index is 1.47. The lowest BCUT2D eigenvalue weighted by atomic mass is 9.91. The van der Waals surface area contributed by atoms with E-state index < -0.39 is 11.9 Å². The lowest BCUT2D eigenvalue weighted by Crippen LogP contribution is -2.30. The van der Waals surface area contributed by atoms with Gasteiger partial charge in [-0.15, -0.1) is 0 Å². The molecule has 3 aromatic rings. The van der Waals surface area contributed by atoms with Gasteiger partial charge in [-0.2, -0.15) is 0 Å². The Hall–Kier alpha value is -4.07. The van der Waals surface area contributed by atoms with Crippen molar-refractivity contribution in [2.45, 2.75) is 24.9 Å². The molecule has 4 rings (SSSR count). The van der Waals surface area contributed by atoms with Crippen molar-refractivity contribution in [3.05, 3.63) is 77.4 Å². The Morgan fingerprint density at radius 1 is 1.12 bits per heavy atom. The summed E-state index contributed by atoms with van der Waals surface area (Å²) in [6.45, 7) is 1.04. The van der Waals surface area contributed by atoms with Crippen molar-refractivity contribution in [1.29, 1.82) is 5.41 Å². The van der Waals surface area contributed by atoms with Gasteiger partial charge in [0, 0.05) is 18.5 Å². The topological polar surface area (TPSA) is 126 Å². The van der Waals surface area contributed by atoms with E-state index in [1.165, 1.54) is 7.11 Å². The SMILES string of the molecule is COC(=O)N1CC[C@H](Oc2ccc([C@H](Cc3ccc4ccc(C(=N)N)cc4c3)C(=O)O)cc2)C1. The maximum Gasteiger partial charge on any atom is 0.409 e. The number of ether oxygens (including phenoxy) is 2. The van der Waals surface area contributed by atoms with Crippen LogP contribution < -0.4 is 10.5 Å². The summed E-state index contributed by atoms with van der Waals surface area (Å²) < 4.78 is 10.7. The molecule has 1 amide bonds. The van der Waals surface area contributed by atoms with Gasteiger partial charge >= 0.3 is 12.1 Å². The summed E-state index contributed by atoms with van der Waals surface area (Å²) in [7, 11) is 1.36. The van der Waals surface area contributed by atoms with Gasteiger partial charge in [0.15, 0.2) is 0 Å². The second kappa shape index (κ2) is 9.82. The van der Waals surface area contributed by atoms with Crippen LogP contribution in [0.25, 0.3) is 10.8 Å². The molecule has 3 aromatic carbocycles. The van der Waals surface area contributed by atoms with E-state index in [-0.39, 0.29) is 18.0 Å². The predicted octanol–water partition coefficient (Wildman–Crippen LogP) is 3.75. The zero-order valence-corrected chi connectivity index (χ0v) is 18.9. The molecule has 0 spiro atoms. The van der Waals surface area contributed by atoms with Crippen molar-refractivity contribution in [2.24, 2.45) is 5.73 Å². The maximum atomic E-state index is 12.1. The minimum atomic E-state index is -0.907. The number of hydrogen-bond donors (Lipinski definition) is 3. The smallest absolute Gasteiger partial charge is 0.409 e. The molecule has 0 unspecified atom stereocenters. The number of benzene rings is 3. The van der Waals surface area contributed by atoms with Gasteiger partial charge in [-0.25, -0.2) is 4.79 Å². The number of carbonyl (C=O) groups excluding carboxylic acids is 1. The number of nitrogens with zero attached hydrogens (tertiary/aromatic N) is 1. The maximum absolute atomic E-state index is 12.1. The predicted molar refractivity (Wildman–Crippen MR) is 128 cm³/mol. The highest BCUT2D eigenvalue weighted by Gasteiger charge is 2.28. The molecule has 4 N–H and O–H groups in total. The lowest BCUT2D eigenvalue weighted by Gasteiger charge is -2.17. The van der Waals surface area contributed by atoms with Crippen LogP contribution in [-0.2, 0) is 16.0 Å². The van der Waals surface area contributed by atoms with Crippen LogP contribution in [0.3, 0.4) is 0 Å². The standard InChI is InChI=1S/C26H27N3O5/c1-33-26(32)29-11-10-22(15-29)34-21-8-6-18(7-9-21)23(25(30)31)13-16-2-3-17-4-5-19(24(27)28)14-20(17)12-16/h2-9,12,14,22-23H,10-11,13,15H2,1H3,(H3,27,28)(H,30,31)/t22-,23-/m0/s1. The number of carboxylic acids is 1. The van der Waals surface area contributed by atoms with Gasteiger partial charge in [-0.05, 0) is 46.5 Å². The fraction of sp³-hybridized carbons (Fsp3) is 0.269. The zero-order chi connectivity index (χ0) is 24.2. The molecule has 8 nitrogen and oxygen atoms in total. The number of likely N-dealkylation sites (tertiary alicyclic amines) is 1. The molecule has 0 aliphatic carbocycles. The van der Waals surface area contributed by atoms with E-state index in [1.807, 2.05) is 30.3 Å². The Bertz CT molecular complexity index is 1220. The zero-order valence-electron chi connectivity index (χ0n) is 18.9. The summed E-state index contributed by atoms with van der Waals surface area (Å²) in [6, 6.07) is 18.4. The van der Waals surface area contributed by atoms with E-state index in [0.717, 1.165) is 16.3 Å². The lowest BCUT2D eigenvalue weighted by molar-refractivity contribution is -0.138. The number of methoxy groups -OCH3 is 1. The number of rotatable bonds is 7. The first-order valence-corrected chi connectivity index (χ1v) is 11.0. The third kappa shape index (κ3) is 5.11. The largest absolute Gasteiger partial charge is 0.489 e. The number of amidine groups is 1. The van der Waals surface area contributed by atoms with Crippen molar-refractivity contribution in [1.82, 2.24) is 4.90 Å². The second-order valence-corrected chi connectivity index (χ2v) is 8.42. The van der Waals surface area contributed by atoms with Crippen molar-refractivity contribution < 1.29 is 24.2 Å². The van der Waals surface area contributed by atoms with Gasteiger partial charge in [0.1, 0.15) is 17.7 Å². The molecule has 1 fully saturated rings. The Kier molecular flexibility index (Phi) is 6.67. The average molecular weight is 462 g/mol. The normalized spacial score (nSPS) is 16.3. The number of aliphatic carboxylic acids is 1. The minimum Gasteiger partial charge on any atom is -0.489 e. The molecule has 2 atom stereocenters. The van der Waals surface area contributed by atoms with Gasteiger partial charge in [0.25, 0.3) is 0 Å². The molecule has 0 aromatic heterocycles. The molecule has 34 heavy (non-hydrogen) atoms. The molecule has 176 valence electrons. The van der Waals surface area contributed by atoms with Crippen LogP contribution in [0, 0.1) is 5.41 Å². The molecule has 0 saturated carbocycles. The van der Waals surface area contributed by atoms with Gasteiger partial charge in [-0.1, -0.05) is 42.5 Å². The van der Waals surface area contributed by atoms with Gasteiger partial charge in [-0.3, -0.25) is 10.2 Å². The molecule has 0 radical (unpaired) electrons. The first-order valence-electron chi connectivity index (χ1n) is 11.0. The number of amides is 1. The Morgan fingerprint density at radius 3 is 2.53 bits per heavy atom. The van der Waals surface area contributed by atoms with Crippen molar-refractivity contribution in [3.8, 4) is 5.75 Å². The first-order chi connectivity index (χ1) is 16.3. The Labute approximate surface area is 197 Å². The van der Waals surface area contributed by atoms with Crippen LogP contribution in [0.4, 0.5) is 4.79 Å². The number of carbonyl (C=O) groups is 2. The highest BCUT2D eigenvalue weighted by atomic mass is 16.5. The van der Waals surface area contributed by atoms with Crippen molar-refractivity contribution in [3.63, 3.8) is 0 Å². The average Bonchev–Trinajstić information content (AvgIpc) is 3.30. The summed E-state index contributed by atoms with van der Waals surface area (Å²) >= 11 is 0. The third-order valence-corrected chi connectivity index (χ3v) is 6.12. The van der Waals surface area contributed by atoms with Crippen LogP contribution in [0.5, 0.6) is 5.75 Å².